The summed E-state index contributed by atoms with van der Waals surface area (Å²) in [6.07, 6.45) is 5.74. The molecule has 18 heavy (non-hydrogen) atoms. The van der Waals surface area contributed by atoms with E-state index in [1.807, 2.05) is 20.8 Å². The van der Waals surface area contributed by atoms with Crippen LogP contribution in [0.15, 0.2) is 0 Å². The minimum atomic E-state index is -0.455. The van der Waals surface area contributed by atoms with Gasteiger partial charge in [-0.2, -0.15) is 0 Å². The van der Waals surface area contributed by atoms with Gasteiger partial charge < -0.3 is 15.8 Å². The topological polar surface area (TPSA) is 64.3 Å². The van der Waals surface area contributed by atoms with Crippen LogP contribution in [-0.2, 0) is 4.74 Å². The van der Waals surface area contributed by atoms with E-state index in [0.717, 1.165) is 12.8 Å². The number of amides is 1. The smallest absolute Gasteiger partial charge is 0.407 e. The Bertz CT molecular complexity index is 278. The average Bonchev–Trinajstić information content (AvgIpc) is 2.24. The van der Waals surface area contributed by atoms with Crippen molar-refractivity contribution in [2.24, 2.45) is 11.1 Å². The number of alkyl carbamates (subject to hydrolysis) is 1. The number of nitrogens with two attached hydrogens (primary N) is 1. The van der Waals surface area contributed by atoms with Crippen LogP contribution in [0.2, 0.25) is 0 Å². The summed E-state index contributed by atoms with van der Waals surface area (Å²) in [5.74, 6) is 0. The first kappa shape index (κ1) is 15.3. The Kier molecular flexibility index (Phi) is 5.02. The summed E-state index contributed by atoms with van der Waals surface area (Å²) in [6.45, 7) is 8.29. The number of hydrogen-bond acceptors (Lipinski definition) is 3. The third-order valence-corrected chi connectivity index (χ3v) is 3.76. The number of carbonyl (C=O) groups is 1. The van der Waals surface area contributed by atoms with Crippen LogP contribution in [0, 0.1) is 5.41 Å². The second-order valence-electron chi connectivity index (χ2n) is 6.70. The van der Waals surface area contributed by atoms with Crippen molar-refractivity contribution in [3.05, 3.63) is 0 Å². The summed E-state index contributed by atoms with van der Waals surface area (Å²) in [4.78, 5) is 11.6. The molecule has 1 fully saturated rings. The third-order valence-electron chi connectivity index (χ3n) is 3.76. The van der Waals surface area contributed by atoms with Crippen molar-refractivity contribution in [1.29, 1.82) is 0 Å². The molecule has 1 amide bonds. The molecule has 1 rings (SSSR count). The van der Waals surface area contributed by atoms with E-state index in [1.54, 1.807) is 0 Å². The Balaban J connectivity index is 2.36. The van der Waals surface area contributed by atoms with Crippen LogP contribution in [0.5, 0.6) is 0 Å². The van der Waals surface area contributed by atoms with Crippen molar-refractivity contribution in [3.63, 3.8) is 0 Å². The summed E-state index contributed by atoms with van der Waals surface area (Å²) < 4.78 is 5.20. The molecular weight excluding hydrogens is 228 g/mol. The lowest BCUT2D eigenvalue weighted by Crippen LogP contribution is -2.49. The molecule has 0 heterocycles. The molecule has 1 unspecified atom stereocenters. The first-order valence-electron chi connectivity index (χ1n) is 6.95. The summed E-state index contributed by atoms with van der Waals surface area (Å²) in [5.41, 5.74) is 5.93. The highest BCUT2D eigenvalue weighted by Gasteiger charge is 2.33. The molecule has 1 saturated carbocycles. The van der Waals surface area contributed by atoms with E-state index >= 15 is 0 Å². The number of carbonyl (C=O) groups excluding carboxylic acids is 1. The lowest BCUT2D eigenvalue weighted by atomic mass is 9.71. The number of rotatable bonds is 3. The van der Waals surface area contributed by atoms with Gasteiger partial charge in [0, 0.05) is 12.6 Å². The van der Waals surface area contributed by atoms with Crippen LogP contribution in [0.25, 0.3) is 0 Å². The Morgan fingerprint density at radius 1 is 1.33 bits per heavy atom. The molecule has 4 nitrogen and oxygen atoms in total. The average molecular weight is 256 g/mol. The monoisotopic (exact) mass is 256 g/mol. The summed E-state index contributed by atoms with van der Waals surface area (Å²) in [5, 5.41) is 2.78. The molecule has 1 aliphatic carbocycles. The fourth-order valence-corrected chi connectivity index (χ4v) is 2.48. The summed E-state index contributed by atoms with van der Waals surface area (Å²) in [6, 6.07) is 0.00492. The first-order chi connectivity index (χ1) is 8.23. The van der Waals surface area contributed by atoms with Crippen molar-refractivity contribution in [2.75, 3.05) is 6.54 Å². The van der Waals surface area contributed by atoms with Crippen molar-refractivity contribution < 1.29 is 9.53 Å². The van der Waals surface area contributed by atoms with Gasteiger partial charge in [0.25, 0.3) is 0 Å². The highest BCUT2D eigenvalue weighted by molar-refractivity contribution is 5.67. The highest BCUT2D eigenvalue weighted by atomic mass is 16.6. The van der Waals surface area contributed by atoms with Crippen LogP contribution in [0.3, 0.4) is 0 Å². The van der Waals surface area contributed by atoms with E-state index in [0.29, 0.717) is 6.54 Å². The maximum absolute atomic E-state index is 11.6. The van der Waals surface area contributed by atoms with Gasteiger partial charge in [-0.1, -0.05) is 26.2 Å². The van der Waals surface area contributed by atoms with Gasteiger partial charge in [0.1, 0.15) is 5.60 Å². The van der Waals surface area contributed by atoms with Gasteiger partial charge >= 0.3 is 6.09 Å². The zero-order chi connectivity index (χ0) is 13.8. The molecule has 1 aliphatic rings. The fourth-order valence-electron chi connectivity index (χ4n) is 2.48. The molecule has 0 aromatic heterocycles. The van der Waals surface area contributed by atoms with Crippen molar-refractivity contribution >= 4 is 6.09 Å². The summed E-state index contributed by atoms with van der Waals surface area (Å²) in [7, 11) is 0. The predicted molar refractivity (Wildman–Crippen MR) is 73.4 cm³/mol. The molecule has 0 saturated heterocycles. The van der Waals surface area contributed by atoms with Crippen molar-refractivity contribution in [2.45, 2.75) is 71.4 Å². The molecular formula is C14H28N2O2. The van der Waals surface area contributed by atoms with Crippen molar-refractivity contribution in [3.8, 4) is 0 Å². The summed E-state index contributed by atoms with van der Waals surface area (Å²) >= 11 is 0. The minimum absolute atomic E-state index is 0.00492. The van der Waals surface area contributed by atoms with Crippen LogP contribution in [0.4, 0.5) is 4.79 Å². The Morgan fingerprint density at radius 2 is 1.89 bits per heavy atom. The maximum atomic E-state index is 11.6. The molecule has 0 aromatic rings. The molecule has 0 aromatic carbocycles. The highest BCUT2D eigenvalue weighted by Crippen LogP contribution is 2.37. The lowest BCUT2D eigenvalue weighted by molar-refractivity contribution is 0.0508. The molecule has 3 N–H and O–H groups in total. The van der Waals surface area contributed by atoms with Gasteiger partial charge in [0.05, 0.1) is 0 Å². The van der Waals surface area contributed by atoms with Crippen LogP contribution >= 0.6 is 0 Å². The van der Waals surface area contributed by atoms with Crippen LogP contribution < -0.4 is 11.1 Å². The van der Waals surface area contributed by atoms with Crippen LogP contribution in [0.1, 0.15) is 59.8 Å². The molecule has 0 bridgehead atoms. The Labute approximate surface area is 111 Å². The second-order valence-corrected chi connectivity index (χ2v) is 6.70. The Hall–Kier alpha value is -0.770. The van der Waals surface area contributed by atoms with Gasteiger partial charge in [-0.25, -0.2) is 4.79 Å². The van der Waals surface area contributed by atoms with E-state index in [9.17, 15) is 4.79 Å². The van der Waals surface area contributed by atoms with E-state index in [1.165, 1.54) is 19.3 Å². The van der Waals surface area contributed by atoms with Gasteiger partial charge in [-0.3, -0.25) is 0 Å². The number of ether oxygens (including phenoxy) is 1. The quantitative estimate of drug-likeness (QED) is 0.816. The van der Waals surface area contributed by atoms with Gasteiger partial charge in [-0.05, 0) is 39.0 Å². The third kappa shape index (κ3) is 4.84. The molecule has 0 aliphatic heterocycles. The van der Waals surface area contributed by atoms with Crippen LogP contribution in [-0.4, -0.2) is 24.3 Å². The predicted octanol–water partition coefficient (Wildman–Crippen LogP) is 2.81. The van der Waals surface area contributed by atoms with E-state index in [4.69, 9.17) is 10.5 Å². The number of hydrogen-bond donors (Lipinski definition) is 2. The normalized spacial score (nSPS) is 21.2. The second kappa shape index (κ2) is 5.91. The fraction of sp³-hybridized carbons (Fsp3) is 0.929. The lowest BCUT2D eigenvalue weighted by Gasteiger charge is -2.39. The molecule has 106 valence electrons. The van der Waals surface area contributed by atoms with E-state index < -0.39 is 5.60 Å². The van der Waals surface area contributed by atoms with Gasteiger partial charge in [-0.15, -0.1) is 0 Å². The minimum Gasteiger partial charge on any atom is -0.444 e. The van der Waals surface area contributed by atoms with E-state index in [2.05, 4.69) is 12.2 Å². The molecule has 0 radical (unpaired) electrons. The molecule has 0 spiro atoms. The molecule has 1 atom stereocenters. The van der Waals surface area contributed by atoms with Gasteiger partial charge in [0.2, 0.25) is 0 Å². The zero-order valence-corrected chi connectivity index (χ0v) is 12.2. The maximum Gasteiger partial charge on any atom is 0.407 e. The van der Waals surface area contributed by atoms with E-state index in [-0.39, 0.29) is 17.6 Å². The number of nitrogens with one attached hydrogen (secondary N) is 1. The van der Waals surface area contributed by atoms with Crippen molar-refractivity contribution in [1.82, 2.24) is 5.32 Å². The largest absolute Gasteiger partial charge is 0.444 e. The zero-order valence-electron chi connectivity index (χ0n) is 12.2. The Morgan fingerprint density at radius 3 is 2.39 bits per heavy atom. The first-order valence-corrected chi connectivity index (χ1v) is 6.95. The van der Waals surface area contributed by atoms with Gasteiger partial charge in [0.15, 0.2) is 0 Å². The standard InChI is InChI=1S/C14H28N2O2/c1-13(2,3)18-12(17)16-10-11(15)14(4)8-6-5-7-9-14/h11H,5-10,15H2,1-4H3,(H,16,17). The SMILES string of the molecule is CC(C)(C)OC(=O)NCC(N)C1(C)CCCCC1. The molecule has 4 heteroatoms.